The number of hydrogen-bond acceptors (Lipinski definition) is 5. The maximum absolute atomic E-state index is 4.57. The summed E-state index contributed by atoms with van der Waals surface area (Å²) < 4.78 is 0. The lowest BCUT2D eigenvalue weighted by Crippen LogP contribution is -2.13. The van der Waals surface area contributed by atoms with Gasteiger partial charge in [0.2, 0.25) is 5.95 Å². The minimum atomic E-state index is 0.557. The van der Waals surface area contributed by atoms with E-state index in [1.165, 1.54) is 5.56 Å². The molecule has 5 heteroatoms. The molecule has 0 radical (unpaired) electrons. The molecule has 5 nitrogen and oxygen atoms in total. The monoisotopic (exact) mass is 319 g/mol. The first-order valence-corrected chi connectivity index (χ1v) is 7.82. The smallest absolute Gasteiger partial charge is 0.231 e. The van der Waals surface area contributed by atoms with Gasteiger partial charge in [-0.2, -0.15) is 9.97 Å². The molecule has 3 rings (SSSR count). The summed E-state index contributed by atoms with van der Waals surface area (Å²) in [4.78, 5) is 11.1. The lowest BCUT2D eigenvalue weighted by Gasteiger charge is -2.15. The van der Waals surface area contributed by atoms with E-state index in [9.17, 15) is 0 Å². The molecule has 0 aliphatic carbocycles. The van der Waals surface area contributed by atoms with Crippen LogP contribution in [0.2, 0.25) is 0 Å². The summed E-state index contributed by atoms with van der Waals surface area (Å²) in [6.45, 7) is 2.07. The van der Waals surface area contributed by atoms with Crippen LogP contribution in [-0.4, -0.2) is 24.1 Å². The highest BCUT2D eigenvalue weighted by Gasteiger charge is 2.07. The number of nitrogens with zero attached hydrogens (tertiary/aromatic N) is 3. The summed E-state index contributed by atoms with van der Waals surface area (Å²) in [5.74, 6) is 2.14. The second-order valence-electron chi connectivity index (χ2n) is 5.81. The summed E-state index contributed by atoms with van der Waals surface area (Å²) in [6, 6.07) is 20.0. The quantitative estimate of drug-likeness (QED) is 0.733. The van der Waals surface area contributed by atoms with E-state index in [0.717, 1.165) is 23.0 Å². The van der Waals surface area contributed by atoms with Crippen LogP contribution in [0.4, 0.5) is 29.0 Å². The molecule has 0 fully saturated rings. The molecule has 24 heavy (non-hydrogen) atoms. The number of rotatable bonds is 5. The Balaban J connectivity index is 1.89. The average molecular weight is 319 g/mol. The van der Waals surface area contributed by atoms with Gasteiger partial charge in [0.05, 0.1) is 0 Å². The van der Waals surface area contributed by atoms with Crippen molar-refractivity contribution in [2.75, 3.05) is 29.6 Å². The van der Waals surface area contributed by atoms with Crippen molar-refractivity contribution in [3.63, 3.8) is 0 Å². The zero-order chi connectivity index (χ0) is 16.9. The van der Waals surface area contributed by atoms with Crippen molar-refractivity contribution in [3.05, 3.63) is 66.2 Å². The highest BCUT2D eigenvalue weighted by Crippen LogP contribution is 2.22. The number of nitrogens with one attached hydrogen (secondary N) is 2. The normalized spacial score (nSPS) is 10.3. The Morgan fingerprint density at radius 3 is 2.12 bits per heavy atom. The molecule has 1 heterocycles. The van der Waals surface area contributed by atoms with Gasteiger partial charge in [-0.1, -0.05) is 35.9 Å². The van der Waals surface area contributed by atoms with Gasteiger partial charge in [-0.05, 0) is 31.2 Å². The highest BCUT2D eigenvalue weighted by atomic mass is 15.2. The standard InChI is InChI=1S/C19H21N5/c1-14-9-11-16(12-10-14)20-17-13-18(24(2)3)23-19(22-17)21-15-7-5-4-6-8-15/h4-13H,1-3H3,(H2,20,21,22,23). The third kappa shape index (κ3) is 4.01. The molecule has 0 aliphatic heterocycles. The van der Waals surface area contributed by atoms with Gasteiger partial charge in [-0.25, -0.2) is 0 Å². The lowest BCUT2D eigenvalue weighted by molar-refractivity contribution is 1.04. The molecule has 0 aliphatic rings. The Labute approximate surface area is 142 Å². The maximum atomic E-state index is 4.57. The van der Waals surface area contributed by atoms with Gasteiger partial charge in [0, 0.05) is 31.5 Å². The predicted octanol–water partition coefficient (Wildman–Crippen LogP) is 4.34. The minimum Gasteiger partial charge on any atom is -0.363 e. The van der Waals surface area contributed by atoms with Crippen LogP contribution in [0.3, 0.4) is 0 Å². The van der Waals surface area contributed by atoms with Crippen LogP contribution in [0, 0.1) is 6.92 Å². The van der Waals surface area contributed by atoms with Crippen LogP contribution in [-0.2, 0) is 0 Å². The van der Waals surface area contributed by atoms with Crippen LogP contribution in [0.5, 0.6) is 0 Å². The largest absolute Gasteiger partial charge is 0.363 e. The topological polar surface area (TPSA) is 53.1 Å². The molecule has 0 saturated heterocycles. The Morgan fingerprint density at radius 1 is 0.792 bits per heavy atom. The third-order valence-corrected chi connectivity index (χ3v) is 3.52. The Hall–Kier alpha value is -3.08. The first-order chi connectivity index (χ1) is 11.6. The second kappa shape index (κ2) is 7.00. The summed E-state index contributed by atoms with van der Waals surface area (Å²) in [7, 11) is 3.93. The van der Waals surface area contributed by atoms with E-state index >= 15 is 0 Å². The van der Waals surface area contributed by atoms with Crippen LogP contribution in [0.1, 0.15) is 5.56 Å². The van der Waals surface area contributed by atoms with Crippen LogP contribution >= 0.6 is 0 Å². The first kappa shape index (κ1) is 15.8. The molecular weight excluding hydrogens is 298 g/mol. The fraction of sp³-hybridized carbons (Fsp3) is 0.158. The van der Waals surface area contributed by atoms with Gasteiger partial charge in [0.1, 0.15) is 11.6 Å². The van der Waals surface area contributed by atoms with E-state index < -0.39 is 0 Å². The SMILES string of the molecule is Cc1ccc(Nc2cc(N(C)C)nc(Nc3ccccc3)n2)cc1. The van der Waals surface area contributed by atoms with Crippen LogP contribution in [0.25, 0.3) is 0 Å². The fourth-order valence-corrected chi connectivity index (χ4v) is 2.22. The number of aromatic nitrogens is 2. The van der Waals surface area contributed by atoms with E-state index in [2.05, 4.69) is 39.7 Å². The van der Waals surface area contributed by atoms with Gasteiger partial charge >= 0.3 is 0 Å². The van der Waals surface area contributed by atoms with Crippen LogP contribution < -0.4 is 15.5 Å². The molecule has 0 spiro atoms. The van der Waals surface area contributed by atoms with Gasteiger partial charge in [0.15, 0.2) is 0 Å². The molecule has 0 bridgehead atoms. The summed E-state index contributed by atoms with van der Waals surface area (Å²) >= 11 is 0. The number of aryl methyl sites for hydroxylation is 1. The predicted molar refractivity (Wildman–Crippen MR) is 101 cm³/mol. The molecule has 1 aromatic heterocycles. The van der Waals surface area contributed by atoms with Gasteiger partial charge in [-0.3, -0.25) is 0 Å². The highest BCUT2D eigenvalue weighted by molar-refractivity contribution is 5.63. The van der Waals surface area contributed by atoms with E-state index in [4.69, 9.17) is 0 Å². The molecule has 2 aromatic carbocycles. The first-order valence-electron chi connectivity index (χ1n) is 7.82. The molecule has 3 aromatic rings. The van der Waals surface area contributed by atoms with Crippen molar-refractivity contribution in [2.24, 2.45) is 0 Å². The van der Waals surface area contributed by atoms with E-state index in [-0.39, 0.29) is 0 Å². The summed E-state index contributed by atoms with van der Waals surface area (Å²) in [5.41, 5.74) is 3.17. The van der Waals surface area contributed by atoms with Crippen molar-refractivity contribution in [1.82, 2.24) is 9.97 Å². The van der Waals surface area contributed by atoms with E-state index in [0.29, 0.717) is 5.95 Å². The molecule has 0 atom stereocenters. The number of anilines is 5. The van der Waals surface area contributed by atoms with Gasteiger partial charge in [0.25, 0.3) is 0 Å². The lowest BCUT2D eigenvalue weighted by atomic mass is 10.2. The van der Waals surface area contributed by atoms with Gasteiger partial charge < -0.3 is 15.5 Å². The fourth-order valence-electron chi connectivity index (χ4n) is 2.22. The van der Waals surface area contributed by atoms with Crippen molar-refractivity contribution < 1.29 is 0 Å². The molecular formula is C19H21N5. The van der Waals surface area contributed by atoms with Crippen molar-refractivity contribution >= 4 is 29.0 Å². The number of para-hydroxylation sites is 1. The number of benzene rings is 2. The van der Waals surface area contributed by atoms with Gasteiger partial charge in [-0.15, -0.1) is 0 Å². The van der Waals surface area contributed by atoms with E-state index in [1.807, 2.05) is 67.5 Å². The Kier molecular flexibility index (Phi) is 4.61. The number of hydrogen-bond donors (Lipinski definition) is 2. The Bertz CT molecular complexity index is 798. The molecule has 122 valence electrons. The average Bonchev–Trinajstić information content (AvgIpc) is 2.58. The summed E-state index contributed by atoms with van der Waals surface area (Å²) in [5, 5.41) is 6.58. The molecule has 0 unspecified atom stereocenters. The third-order valence-electron chi connectivity index (χ3n) is 3.52. The summed E-state index contributed by atoms with van der Waals surface area (Å²) in [6.07, 6.45) is 0. The molecule has 0 saturated carbocycles. The maximum Gasteiger partial charge on any atom is 0.231 e. The van der Waals surface area contributed by atoms with E-state index in [1.54, 1.807) is 0 Å². The van der Waals surface area contributed by atoms with Crippen molar-refractivity contribution in [3.8, 4) is 0 Å². The minimum absolute atomic E-state index is 0.557. The molecule has 0 amide bonds. The Morgan fingerprint density at radius 2 is 1.46 bits per heavy atom. The zero-order valence-electron chi connectivity index (χ0n) is 14.1. The molecule has 2 N–H and O–H groups in total. The second-order valence-corrected chi connectivity index (χ2v) is 5.81. The zero-order valence-corrected chi connectivity index (χ0v) is 14.1. The van der Waals surface area contributed by atoms with Crippen LogP contribution in [0.15, 0.2) is 60.7 Å². The van der Waals surface area contributed by atoms with Crippen molar-refractivity contribution in [2.45, 2.75) is 6.92 Å². The van der Waals surface area contributed by atoms with Crippen molar-refractivity contribution in [1.29, 1.82) is 0 Å².